The van der Waals surface area contributed by atoms with Crippen molar-refractivity contribution in [2.24, 2.45) is 5.92 Å². The maximum absolute atomic E-state index is 5.99. The third-order valence-corrected chi connectivity index (χ3v) is 5.30. The molecule has 0 unspecified atom stereocenters. The van der Waals surface area contributed by atoms with E-state index in [9.17, 15) is 0 Å². The summed E-state index contributed by atoms with van der Waals surface area (Å²) in [7, 11) is 0. The van der Waals surface area contributed by atoms with E-state index < -0.39 is 0 Å². The van der Waals surface area contributed by atoms with Gasteiger partial charge < -0.3 is 9.30 Å². The minimum atomic E-state index is 0.451. The van der Waals surface area contributed by atoms with Gasteiger partial charge in [-0.05, 0) is 23.1 Å². The van der Waals surface area contributed by atoms with Crippen molar-refractivity contribution in [2.45, 2.75) is 26.2 Å². The fourth-order valence-corrected chi connectivity index (χ4v) is 4.05. The lowest BCUT2D eigenvalue weighted by Crippen LogP contribution is -2.29. The van der Waals surface area contributed by atoms with Crippen LogP contribution in [0.4, 0.5) is 0 Å². The van der Waals surface area contributed by atoms with Gasteiger partial charge in [0.15, 0.2) is 0 Å². The predicted molar refractivity (Wildman–Crippen MR) is 98.0 cm³/mol. The molecule has 3 aromatic rings. The Morgan fingerprint density at radius 3 is 3.04 bits per heavy atom. The molecule has 0 fully saturated rings. The van der Waals surface area contributed by atoms with Crippen LogP contribution >= 0.6 is 11.3 Å². The largest absolute Gasteiger partial charge is 0.376 e. The number of ether oxygens (including phenoxy) is 1. The van der Waals surface area contributed by atoms with E-state index in [1.807, 2.05) is 29.8 Å². The van der Waals surface area contributed by atoms with E-state index in [-0.39, 0.29) is 0 Å². The summed E-state index contributed by atoms with van der Waals surface area (Å²) in [4.78, 5) is 12.6. The van der Waals surface area contributed by atoms with Gasteiger partial charge in [0.1, 0.15) is 5.82 Å². The molecule has 4 rings (SSSR count). The first kappa shape index (κ1) is 16.4. The van der Waals surface area contributed by atoms with Crippen LogP contribution in [0.2, 0.25) is 0 Å². The quantitative estimate of drug-likeness (QED) is 0.682. The third kappa shape index (κ3) is 4.34. The topological polar surface area (TPSA) is 43.2 Å². The van der Waals surface area contributed by atoms with Crippen LogP contribution in [0.15, 0.2) is 54.4 Å². The summed E-state index contributed by atoms with van der Waals surface area (Å²) in [6, 6.07) is 8.32. The molecule has 0 saturated carbocycles. The van der Waals surface area contributed by atoms with E-state index in [0.717, 1.165) is 44.2 Å². The number of hydrogen-bond acceptors (Lipinski definition) is 5. The Morgan fingerprint density at radius 1 is 1.20 bits per heavy atom. The SMILES string of the molecule is c1cncc(COC[C@@H]2CN(Cc3cccs3)Cc3nccn3C2)c1. The third-order valence-electron chi connectivity index (χ3n) is 4.44. The van der Waals surface area contributed by atoms with Gasteiger partial charge >= 0.3 is 0 Å². The smallest absolute Gasteiger partial charge is 0.122 e. The zero-order valence-corrected chi connectivity index (χ0v) is 14.9. The van der Waals surface area contributed by atoms with Crippen molar-refractivity contribution in [3.05, 3.63) is 70.7 Å². The molecule has 0 radical (unpaired) electrons. The monoisotopic (exact) mass is 354 g/mol. The van der Waals surface area contributed by atoms with E-state index in [0.29, 0.717) is 12.5 Å². The average molecular weight is 354 g/mol. The second-order valence-electron chi connectivity index (χ2n) is 6.49. The maximum atomic E-state index is 5.99. The molecule has 6 heteroatoms. The lowest BCUT2D eigenvalue weighted by molar-refractivity contribution is 0.0666. The summed E-state index contributed by atoms with van der Waals surface area (Å²) < 4.78 is 8.26. The van der Waals surface area contributed by atoms with Crippen molar-refractivity contribution in [3.63, 3.8) is 0 Å². The van der Waals surface area contributed by atoms with Crippen LogP contribution < -0.4 is 0 Å². The van der Waals surface area contributed by atoms with Crippen LogP contribution in [0.1, 0.15) is 16.3 Å². The molecule has 5 nitrogen and oxygen atoms in total. The summed E-state index contributed by atoms with van der Waals surface area (Å²) in [5, 5.41) is 2.14. The summed E-state index contributed by atoms with van der Waals surface area (Å²) in [6.07, 6.45) is 7.64. The molecule has 130 valence electrons. The average Bonchev–Trinajstić information content (AvgIpc) is 3.25. The van der Waals surface area contributed by atoms with Crippen LogP contribution in [0.3, 0.4) is 0 Å². The maximum Gasteiger partial charge on any atom is 0.122 e. The number of imidazole rings is 1. The van der Waals surface area contributed by atoms with Gasteiger partial charge in [0.05, 0.1) is 19.8 Å². The Hall–Kier alpha value is -2.02. The first-order valence-electron chi connectivity index (χ1n) is 8.58. The van der Waals surface area contributed by atoms with Gasteiger partial charge in [-0.15, -0.1) is 11.3 Å². The van der Waals surface area contributed by atoms with Gasteiger partial charge in [-0.1, -0.05) is 12.1 Å². The van der Waals surface area contributed by atoms with Gasteiger partial charge in [-0.3, -0.25) is 9.88 Å². The Balaban J connectivity index is 1.40. The van der Waals surface area contributed by atoms with Gasteiger partial charge in [0.2, 0.25) is 0 Å². The highest BCUT2D eigenvalue weighted by Crippen LogP contribution is 2.20. The Bertz CT molecular complexity index is 772. The molecule has 1 atom stereocenters. The van der Waals surface area contributed by atoms with Crippen molar-refractivity contribution < 1.29 is 4.74 Å². The molecule has 0 bridgehead atoms. The second-order valence-corrected chi connectivity index (χ2v) is 7.52. The van der Waals surface area contributed by atoms with Crippen molar-refractivity contribution in [2.75, 3.05) is 13.2 Å². The van der Waals surface area contributed by atoms with Crippen molar-refractivity contribution in [1.82, 2.24) is 19.4 Å². The number of thiophene rings is 1. The Labute approximate surface area is 151 Å². The number of aromatic nitrogens is 3. The molecular formula is C19H22N4OS. The van der Waals surface area contributed by atoms with Crippen LogP contribution in [-0.4, -0.2) is 32.6 Å². The van der Waals surface area contributed by atoms with Crippen molar-refractivity contribution >= 4 is 11.3 Å². The molecule has 0 spiro atoms. The zero-order valence-electron chi connectivity index (χ0n) is 14.1. The number of pyridine rings is 1. The summed E-state index contributed by atoms with van der Waals surface area (Å²) in [6.45, 7) is 5.21. The molecule has 0 saturated heterocycles. The van der Waals surface area contributed by atoms with Crippen molar-refractivity contribution in [1.29, 1.82) is 0 Å². The molecule has 25 heavy (non-hydrogen) atoms. The summed E-state index contributed by atoms with van der Waals surface area (Å²) >= 11 is 1.82. The fourth-order valence-electron chi connectivity index (χ4n) is 3.30. The van der Waals surface area contributed by atoms with E-state index in [2.05, 4.69) is 49.2 Å². The van der Waals surface area contributed by atoms with Gasteiger partial charge in [-0.2, -0.15) is 0 Å². The van der Waals surface area contributed by atoms with E-state index in [1.165, 1.54) is 4.88 Å². The molecule has 0 aliphatic carbocycles. The molecule has 3 aromatic heterocycles. The number of rotatable bonds is 6. The molecule has 0 N–H and O–H groups in total. The number of fused-ring (bicyclic) bond motifs is 1. The van der Waals surface area contributed by atoms with Crippen molar-refractivity contribution in [3.8, 4) is 0 Å². The summed E-state index contributed by atoms with van der Waals surface area (Å²) in [5.74, 6) is 1.60. The second kappa shape index (κ2) is 7.91. The van der Waals surface area contributed by atoms with Crippen LogP contribution in [-0.2, 0) is 31.0 Å². The normalized spacial score (nSPS) is 18.0. The molecule has 4 heterocycles. The first-order valence-corrected chi connectivity index (χ1v) is 9.46. The highest BCUT2D eigenvalue weighted by Gasteiger charge is 2.22. The Kier molecular flexibility index (Phi) is 5.20. The standard InChI is InChI=1S/C19H22N4OS/c1-3-16(9-20-5-1)14-24-15-17-10-22(12-18-4-2-8-25-18)13-19-21-6-7-23(19)11-17/h1-9,17H,10-15H2/t17-/m1/s1. The fraction of sp³-hybridized carbons (Fsp3) is 0.368. The van der Waals surface area contributed by atoms with E-state index >= 15 is 0 Å². The van der Waals surface area contributed by atoms with Gasteiger partial charge in [0, 0.05) is 55.2 Å². The minimum absolute atomic E-state index is 0.451. The predicted octanol–water partition coefficient (Wildman–Crippen LogP) is 3.19. The number of nitrogens with zero attached hydrogens (tertiary/aromatic N) is 4. The lowest BCUT2D eigenvalue weighted by Gasteiger charge is -2.23. The first-order chi connectivity index (χ1) is 12.4. The zero-order chi connectivity index (χ0) is 16.9. The highest BCUT2D eigenvalue weighted by molar-refractivity contribution is 7.09. The molecular weight excluding hydrogens is 332 g/mol. The van der Waals surface area contributed by atoms with Gasteiger partial charge in [0.25, 0.3) is 0 Å². The molecule has 0 aromatic carbocycles. The molecule has 0 amide bonds. The highest BCUT2D eigenvalue weighted by atomic mass is 32.1. The van der Waals surface area contributed by atoms with E-state index in [1.54, 1.807) is 6.20 Å². The van der Waals surface area contributed by atoms with E-state index in [4.69, 9.17) is 4.74 Å². The van der Waals surface area contributed by atoms with Crippen LogP contribution in [0.5, 0.6) is 0 Å². The molecule has 1 aliphatic heterocycles. The number of hydrogen-bond donors (Lipinski definition) is 0. The minimum Gasteiger partial charge on any atom is -0.376 e. The lowest BCUT2D eigenvalue weighted by atomic mass is 10.1. The Morgan fingerprint density at radius 2 is 2.20 bits per heavy atom. The van der Waals surface area contributed by atoms with Crippen LogP contribution in [0.25, 0.3) is 0 Å². The van der Waals surface area contributed by atoms with Gasteiger partial charge in [-0.25, -0.2) is 4.98 Å². The van der Waals surface area contributed by atoms with Crippen LogP contribution in [0, 0.1) is 5.92 Å². The summed E-state index contributed by atoms with van der Waals surface area (Å²) in [5.41, 5.74) is 1.12. The molecule has 1 aliphatic rings.